The van der Waals surface area contributed by atoms with Crippen molar-refractivity contribution >= 4 is 27.5 Å². The Balaban J connectivity index is 3.06. The molecule has 0 aliphatic carbocycles. The molecule has 18 heavy (non-hydrogen) atoms. The van der Waals surface area contributed by atoms with E-state index < -0.39 is 0 Å². The van der Waals surface area contributed by atoms with Crippen molar-refractivity contribution in [3.63, 3.8) is 0 Å². The van der Waals surface area contributed by atoms with Crippen LogP contribution in [-0.2, 0) is 16.1 Å². The molecule has 1 aromatic rings. The van der Waals surface area contributed by atoms with E-state index in [0.717, 1.165) is 18.5 Å². The summed E-state index contributed by atoms with van der Waals surface area (Å²) >= 11 is 9.45. The van der Waals surface area contributed by atoms with Crippen LogP contribution in [0.1, 0.15) is 44.3 Å². The monoisotopic (exact) mass is 336 g/mol. The molecule has 0 amide bonds. The summed E-state index contributed by atoms with van der Waals surface area (Å²) in [6.07, 6.45) is 1.76. The van der Waals surface area contributed by atoms with Crippen LogP contribution < -0.4 is 0 Å². The van der Waals surface area contributed by atoms with Gasteiger partial charge in [-0.05, 0) is 29.3 Å². The number of hydrogen-bond acceptors (Lipinski definition) is 4. The molecular formula is C12H18BrClN2O2. The van der Waals surface area contributed by atoms with Gasteiger partial charge in [-0.3, -0.25) is 0 Å². The summed E-state index contributed by atoms with van der Waals surface area (Å²) in [6, 6.07) is 0. The van der Waals surface area contributed by atoms with E-state index in [9.17, 15) is 0 Å². The van der Waals surface area contributed by atoms with Crippen LogP contribution in [0, 0.1) is 0 Å². The molecule has 0 fully saturated rings. The van der Waals surface area contributed by atoms with Crippen LogP contribution in [0.4, 0.5) is 0 Å². The summed E-state index contributed by atoms with van der Waals surface area (Å²) in [5.74, 6) is 0.624. The highest BCUT2D eigenvalue weighted by Crippen LogP contribution is 2.28. The minimum Gasteiger partial charge on any atom is -0.378 e. The first-order chi connectivity index (χ1) is 8.63. The third-order valence-corrected chi connectivity index (χ3v) is 3.72. The highest BCUT2D eigenvalue weighted by Gasteiger charge is 2.18. The quantitative estimate of drug-likeness (QED) is 0.707. The lowest BCUT2D eigenvalue weighted by Gasteiger charge is -2.16. The van der Waals surface area contributed by atoms with E-state index in [1.807, 2.05) is 6.92 Å². The van der Waals surface area contributed by atoms with Gasteiger partial charge in [-0.1, -0.05) is 24.9 Å². The van der Waals surface area contributed by atoms with E-state index in [0.29, 0.717) is 28.7 Å². The SMILES string of the molecule is CCCC(OCC)c1nc(Cl)c(Br)c(COC)n1. The van der Waals surface area contributed by atoms with E-state index in [1.165, 1.54) is 0 Å². The topological polar surface area (TPSA) is 44.2 Å². The van der Waals surface area contributed by atoms with Crippen LogP contribution in [0.3, 0.4) is 0 Å². The summed E-state index contributed by atoms with van der Waals surface area (Å²) in [5.41, 5.74) is 0.744. The van der Waals surface area contributed by atoms with Crippen molar-refractivity contribution in [2.45, 2.75) is 39.4 Å². The fraction of sp³-hybridized carbons (Fsp3) is 0.667. The van der Waals surface area contributed by atoms with E-state index in [4.69, 9.17) is 21.1 Å². The maximum absolute atomic E-state index is 6.09. The van der Waals surface area contributed by atoms with Gasteiger partial charge in [0.2, 0.25) is 0 Å². The summed E-state index contributed by atoms with van der Waals surface area (Å²) in [6.45, 7) is 5.07. The van der Waals surface area contributed by atoms with Gasteiger partial charge < -0.3 is 9.47 Å². The molecule has 102 valence electrons. The largest absolute Gasteiger partial charge is 0.378 e. The first-order valence-electron chi connectivity index (χ1n) is 5.96. The average molecular weight is 338 g/mol. The van der Waals surface area contributed by atoms with Crippen LogP contribution in [-0.4, -0.2) is 23.7 Å². The zero-order valence-electron chi connectivity index (χ0n) is 10.9. The molecule has 4 nitrogen and oxygen atoms in total. The average Bonchev–Trinajstić information content (AvgIpc) is 2.34. The summed E-state index contributed by atoms with van der Waals surface area (Å²) in [4.78, 5) is 8.75. The number of methoxy groups -OCH3 is 1. The molecule has 6 heteroatoms. The molecule has 0 spiro atoms. The molecule has 0 aromatic carbocycles. The van der Waals surface area contributed by atoms with Crippen molar-refractivity contribution < 1.29 is 9.47 Å². The van der Waals surface area contributed by atoms with E-state index in [1.54, 1.807) is 7.11 Å². The van der Waals surface area contributed by atoms with Crippen molar-refractivity contribution in [1.29, 1.82) is 0 Å². The fourth-order valence-electron chi connectivity index (χ4n) is 1.61. The van der Waals surface area contributed by atoms with Crippen LogP contribution in [0.25, 0.3) is 0 Å². The Kier molecular flexibility index (Phi) is 7.07. The molecule has 0 saturated heterocycles. The lowest BCUT2D eigenvalue weighted by molar-refractivity contribution is 0.0488. The van der Waals surface area contributed by atoms with Gasteiger partial charge in [-0.15, -0.1) is 0 Å². The number of aromatic nitrogens is 2. The number of ether oxygens (including phenoxy) is 2. The van der Waals surface area contributed by atoms with Crippen LogP contribution in [0.15, 0.2) is 4.47 Å². The minimum atomic E-state index is -0.110. The molecule has 1 unspecified atom stereocenters. The Labute approximate surface area is 121 Å². The van der Waals surface area contributed by atoms with Gasteiger partial charge in [0.05, 0.1) is 16.8 Å². The molecule has 1 aromatic heterocycles. The molecule has 0 radical (unpaired) electrons. The molecule has 0 saturated carbocycles. The Hall–Kier alpha value is -0.230. The Morgan fingerprint density at radius 1 is 1.33 bits per heavy atom. The third-order valence-electron chi connectivity index (χ3n) is 2.38. The molecule has 0 N–H and O–H groups in total. The molecule has 1 heterocycles. The van der Waals surface area contributed by atoms with Crippen LogP contribution in [0.2, 0.25) is 5.15 Å². The van der Waals surface area contributed by atoms with Gasteiger partial charge in [0.25, 0.3) is 0 Å². The first kappa shape index (κ1) is 15.8. The standard InChI is InChI=1S/C12H18BrClN2O2/c1-4-6-9(18-5-2)12-15-8(7-17-3)10(13)11(14)16-12/h9H,4-7H2,1-3H3. The molecule has 1 atom stereocenters. The van der Waals surface area contributed by atoms with Crippen molar-refractivity contribution in [2.75, 3.05) is 13.7 Å². The van der Waals surface area contributed by atoms with Gasteiger partial charge in [0.15, 0.2) is 5.82 Å². The van der Waals surface area contributed by atoms with Crippen LogP contribution in [0.5, 0.6) is 0 Å². The summed E-state index contributed by atoms with van der Waals surface area (Å²) in [5, 5.41) is 0.396. The zero-order valence-corrected chi connectivity index (χ0v) is 13.2. The highest BCUT2D eigenvalue weighted by molar-refractivity contribution is 9.10. The van der Waals surface area contributed by atoms with E-state index in [2.05, 4.69) is 32.8 Å². The predicted octanol–water partition coefficient (Wildman–Crippen LogP) is 3.92. The van der Waals surface area contributed by atoms with Crippen LogP contribution >= 0.6 is 27.5 Å². The number of hydrogen-bond donors (Lipinski definition) is 0. The number of rotatable bonds is 7. The minimum absolute atomic E-state index is 0.110. The van der Waals surface area contributed by atoms with Gasteiger partial charge in [0, 0.05) is 13.7 Å². The Bertz CT molecular complexity index is 385. The van der Waals surface area contributed by atoms with Crippen molar-refractivity contribution in [3.05, 3.63) is 21.1 Å². The number of halogens is 2. The third kappa shape index (κ3) is 4.16. The van der Waals surface area contributed by atoms with E-state index in [-0.39, 0.29) is 6.10 Å². The second kappa shape index (κ2) is 8.04. The van der Waals surface area contributed by atoms with Gasteiger partial charge in [-0.25, -0.2) is 9.97 Å². The Morgan fingerprint density at radius 2 is 2.06 bits per heavy atom. The molecule has 0 aliphatic heterocycles. The number of nitrogens with zero attached hydrogens (tertiary/aromatic N) is 2. The highest BCUT2D eigenvalue weighted by atomic mass is 79.9. The normalized spacial score (nSPS) is 12.7. The second-order valence-electron chi connectivity index (χ2n) is 3.80. The Morgan fingerprint density at radius 3 is 2.61 bits per heavy atom. The van der Waals surface area contributed by atoms with Crippen molar-refractivity contribution in [1.82, 2.24) is 9.97 Å². The first-order valence-corrected chi connectivity index (χ1v) is 7.13. The molecule has 0 aliphatic rings. The van der Waals surface area contributed by atoms with Gasteiger partial charge in [0.1, 0.15) is 11.3 Å². The van der Waals surface area contributed by atoms with Gasteiger partial charge in [-0.2, -0.15) is 0 Å². The lowest BCUT2D eigenvalue weighted by Crippen LogP contribution is -2.11. The maximum Gasteiger partial charge on any atom is 0.159 e. The summed E-state index contributed by atoms with van der Waals surface area (Å²) in [7, 11) is 1.62. The smallest absolute Gasteiger partial charge is 0.159 e. The van der Waals surface area contributed by atoms with Crippen molar-refractivity contribution in [2.24, 2.45) is 0 Å². The fourth-order valence-corrected chi connectivity index (χ4v) is 2.10. The molecule has 0 bridgehead atoms. The predicted molar refractivity (Wildman–Crippen MR) is 74.7 cm³/mol. The van der Waals surface area contributed by atoms with Gasteiger partial charge >= 0.3 is 0 Å². The lowest BCUT2D eigenvalue weighted by atomic mass is 10.2. The summed E-state index contributed by atoms with van der Waals surface area (Å²) < 4.78 is 11.4. The molecular weight excluding hydrogens is 320 g/mol. The maximum atomic E-state index is 6.09. The van der Waals surface area contributed by atoms with Crippen molar-refractivity contribution in [3.8, 4) is 0 Å². The molecule has 1 rings (SSSR count). The zero-order chi connectivity index (χ0) is 13.5. The second-order valence-corrected chi connectivity index (χ2v) is 4.95. The van der Waals surface area contributed by atoms with E-state index >= 15 is 0 Å².